The second-order valence-electron chi connectivity index (χ2n) is 4.02. The van der Waals surface area contributed by atoms with E-state index in [2.05, 4.69) is 19.2 Å². The van der Waals surface area contributed by atoms with Crippen LogP contribution in [0.5, 0.6) is 0 Å². The highest BCUT2D eigenvalue weighted by molar-refractivity contribution is 5.74. The fourth-order valence-electron chi connectivity index (χ4n) is 2.11. The number of amides is 1. The summed E-state index contributed by atoms with van der Waals surface area (Å²) >= 11 is 0. The van der Waals surface area contributed by atoms with Crippen molar-refractivity contribution in [2.75, 3.05) is 13.1 Å². The zero-order valence-electron chi connectivity index (χ0n) is 8.84. The largest absolute Gasteiger partial charge is 0.336 e. The lowest BCUT2D eigenvalue weighted by atomic mass is 10.0. The monoisotopic (exact) mass is 184 g/mol. The van der Waals surface area contributed by atoms with Crippen LogP contribution in [0.3, 0.4) is 0 Å². The maximum absolute atomic E-state index is 11.4. The fraction of sp³-hybridized carbons (Fsp3) is 0.900. The van der Waals surface area contributed by atoms with Crippen molar-refractivity contribution < 1.29 is 4.79 Å². The average Bonchev–Trinajstić information content (AvgIpc) is 2.04. The third kappa shape index (κ3) is 2.69. The van der Waals surface area contributed by atoms with E-state index in [-0.39, 0.29) is 5.91 Å². The second kappa shape index (κ2) is 4.61. The predicted molar refractivity (Wildman–Crippen MR) is 53.5 cm³/mol. The fourth-order valence-corrected chi connectivity index (χ4v) is 2.11. The molecular formula is C10H20N2O. The Labute approximate surface area is 80.5 Å². The van der Waals surface area contributed by atoms with E-state index in [9.17, 15) is 4.79 Å². The summed E-state index contributed by atoms with van der Waals surface area (Å²) in [4.78, 5) is 13.4. The van der Waals surface area contributed by atoms with Gasteiger partial charge in [-0.3, -0.25) is 4.79 Å². The van der Waals surface area contributed by atoms with Crippen LogP contribution in [0.1, 0.15) is 33.6 Å². The Balaban J connectivity index is 2.57. The van der Waals surface area contributed by atoms with Crippen LogP contribution in [-0.4, -0.2) is 36.0 Å². The van der Waals surface area contributed by atoms with Crippen molar-refractivity contribution in [1.82, 2.24) is 10.2 Å². The minimum absolute atomic E-state index is 0.198. The number of hydrogen-bond acceptors (Lipinski definition) is 2. The first-order valence-corrected chi connectivity index (χ1v) is 5.12. The highest BCUT2D eigenvalue weighted by Gasteiger charge is 2.24. The van der Waals surface area contributed by atoms with E-state index in [1.54, 1.807) is 6.92 Å². The lowest BCUT2D eigenvalue weighted by Crippen LogP contribution is -2.50. The Morgan fingerprint density at radius 1 is 1.54 bits per heavy atom. The summed E-state index contributed by atoms with van der Waals surface area (Å²) in [6.07, 6.45) is 2.33. The topological polar surface area (TPSA) is 32.3 Å². The van der Waals surface area contributed by atoms with Crippen molar-refractivity contribution in [3.8, 4) is 0 Å². The summed E-state index contributed by atoms with van der Waals surface area (Å²) in [5, 5.41) is 3.33. The van der Waals surface area contributed by atoms with Crippen LogP contribution in [0.15, 0.2) is 0 Å². The van der Waals surface area contributed by atoms with E-state index in [0.717, 1.165) is 19.5 Å². The van der Waals surface area contributed by atoms with Crippen LogP contribution in [0.2, 0.25) is 0 Å². The van der Waals surface area contributed by atoms with Crippen LogP contribution in [0.25, 0.3) is 0 Å². The van der Waals surface area contributed by atoms with Crippen LogP contribution >= 0.6 is 0 Å². The van der Waals surface area contributed by atoms with Gasteiger partial charge in [0.05, 0.1) is 0 Å². The molecule has 0 bridgehead atoms. The molecule has 1 fully saturated rings. The Morgan fingerprint density at radius 2 is 2.23 bits per heavy atom. The van der Waals surface area contributed by atoms with Gasteiger partial charge in [0.15, 0.2) is 0 Å². The number of nitrogens with one attached hydrogen (secondary N) is 1. The van der Waals surface area contributed by atoms with Crippen molar-refractivity contribution in [1.29, 1.82) is 0 Å². The van der Waals surface area contributed by atoms with Gasteiger partial charge in [-0.2, -0.15) is 0 Å². The van der Waals surface area contributed by atoms with Crippen molar-refractivity contribution in [2.24, 2.45) is 0 Å². The van der Waals surface area contributed by atoms with Gasteiger partial charge in [0.2, 0.25) is 5.91 Å². The quantitative estimate of drug-likeness (QED) is 0.694. The van der Waals surface area contributed by atoms with E-state index in [0.29, 0.717) is 12.1 Å². The predicted octanol–water partition coefficient (Wildman–Crippen LogP) is 0.995. The van der Waals surface area contributed by atoms with Crippen molar-refractivity contribution >= 4 is 5.91 Å². The maximum atomic E-state index is 11.4. The van der Waals surface area contributed by atoms with Gasteiger partial charge in [0.25, 0.3) is 0 Å². The molecular weight excluding hydrogens is 164 g/mol. The molecule has 0 aromatic rings. The van der Waals surface area contributed by atoms with E-state index < -0.39 is 0 Å². The average molecular weight is 184 g/mol. The van der Waals surface area contributed by atoms with Crippen LogP contribution < -0.4 is 5.32 Å². The molecule has 1 atom stereocenters. The molecule has 0 radical (unpaired) electrons. The van der Waals surface area contributed by atoms with Gasteiger partial charge in [-0.1, -0.05) is 0 Å². The first kappa shape index (κ1) is 10.5. The lowest BCUT2D eigenvalue weighted by molar-refractivity contribution is -0.133. The minimum Gasteiger partial charge on any atom is -0.336 e. The summed E-state index contributed by atoms with van der Waals surface area (Å²) in [6, 6.07) is 0.730. The molecule has 0 aliphatic carbocycles. The van der Waals surface area contributed by atoms with E-state index in [1.807, 2.05) is 4.90 Å². The molecule has 1 N–H and O–H groups in total. The zero-order valence-corrected chi connectivity index (χ0v) is 8.84. The van der Waals surface area contributed by atoms with E-state index >= 15 is 0 Å². The molecule has 3 heteroatoms. The van der Waals surface area contributed by atoms with Crippen LogP contribution in [0, 0.1) is 0 Å². The summed E-state index contributed by atoms with van der Waals surface area (Å²) in [5.74, 6) is 0.198. The molecule has 0 spiro atoms. The molecule has 1 aliphatic rings. The summed E-state index contributed by atoms with van der Waals surface area (Å²) in [6.45, 7) is 7.87. The van der Waals surface area contributed by atoms with E-state index in [1.165, 1.54) is 6.42 Å². The standard InChI is InChI=1S/C10H20N2O/c1-8(2)12(9(3)13)10-5-4-6-11-7-10/h8,10-11H,4-7H2,1-3H3/t10-/m0/s1. The number of carbonyl (C=O) groups excluding carboxylic acids is 1. The molecule has 13 heavy (non-hydrogen) atoms. The van der Waals surface area contributed by atoms with Gasteiger partial charge < -0.3 is 10.2 Å². The molecule has 1 rings (SSSR count). The Morgan fingerprint density at radius 3 is 2.62 bits per heavy atom. The first-order valence-electron chi connectivity index (χ1n) is 5.12. The third-order valence-corrected chi connectivity index (χ3v) is 2.58. The number of hydrogen-bond donors (Lipinski definition) is 1. The third-order valence-electron chi connectivity index (χ3n) is 2.58. The number of nitrogens with zero attached hydrogens (tertiary/aromatic N) is 1. The van der Waals surface area contributed by atoms with Crippen molar-refractivity contribution in [3.05, 3.63) is 0 Å². The molecule has 3 nitrogen and oxygen atoms in total. The Kier molecular flexibility index (Phi) is 3.72. The number of carbonyl (C=O) groups is 1. The molecule has 1 aliphatic heterocycles. The molecule has 0 aromatic heterocycles. The van der Waals surface area contributed by atoms with Gasteiger partial charge in [0.1, 0.15) is 0 Å². The number of piperidine rings is 1. The van der Waals surface area contributed by atoms with E-state index in [4.69, 9.17) is 0 Å². The van der Waals surface area contributed by atoms with Gasteiger partial charge in [-0.25, -0.2) is 0 Å². The highest BCUT2D eigenvalue weighted by atomic mass is 16.2. The molecule has 0 saturated carbocycles. The van der Waals surface area contributed by atoms with Gasteiger partial charge >= 0.3 is 0 Å². The summed E-state index contributed by atoms with van der Waals surface area (Å²) in [7, 11) is 0. The minimum atomic E-state index is 0.198. The van der Waals surface area contributed by atoms with Crippen LogP contribution in [-0.2, 0) is 4.79 Å². The first-order chi connectivity index (χ1) is 6.13. The summed E-state index contributed by atoms with van der Waals surface area (Å²) in [5.41, 5.74) is 0. The van der Waals surface area contributed by atoms with Gasteiger partial charge in [-0.05, 0) is 33.2 Å². The molecule has 1 heterocycles. The SMILES string of the molecule is CC(=O)N(C(C)C)[C@H]1CCCNC1. The van der Waals surface area contributed by atoms with Crippen molar-refractivity contribution in [2.45, 2.75) is 45.7 Å². The molecule has 1 amide bonds. The normalized spacial score (nSPS) is 23.2. The number of rotatable bonds is 2. The van der Waals surface area contributed by atoms with Crippen LogP contribution in [0.4, 0.5) is 0 Å². The molecule has 0 unspecified atom stereocenters. The lowest BCUT2D eigenvalue weighted by Gasteiger charge is -2.36. The Hall–Kier alpha value is -0.570. The highest BCUT2D eigenvalue weighted by Crippen LogP contribution is 2.13. The molecule has 76 valence electrons. The molecule has 0 aromatic carbocycles. The molecule has 1 saturated heterocycles. The van der Waals surface area contributed by atoms with Gasteiger partial charge in [0, 0.05) is 25.6 Å². The second-order valence-corrected chi connectivity index (χ2v) is 4.02. The summed E-state index contributed by atoms with van der Waals surface area (Å²) < 4.78 is 0. The Bertz CT molecular complexity index is 174. The zero-order chi connectivity index (χ0) is 9.84. The maximum Gasteiger partial charge on any atom is 0.219 e. The smallest absolute Gasteiger partial charge is 0.219 e. The van der Waals surface area contributed by atoms with Gasteiger partial charge in [-0.15, -0.1) is 0 Å². The van der Waals surface area contributed by atoms with Crippen molar-refractivity contribution in [3.63, 3.8) is 0 Å².